The SMILES string of the molecule is CC(C)(CCC1OCCCO1)C1CC(P(c2ccccc2)c2ccccc2)C(P(c2ccccc2)c2ccccc2)C1.CC(C)(CCC1OCCCO1)C1CC(P(c2ccccc2)c2ccccc2)C(P(c2ccccc2)c2ccccc2)C1.[CH3-].[CH3-].[Fe+2]. The predicted molar refractivity (Wildman–Crippen MR) is 376 cm³/mol. The van der Waals surface area contributed by atoms with Crippen molar-refractivity contribution < 1.29 is 36.0 Å². The van der Waals surface area contributed by atoms with Gasteiger partial charge in [0.2, 0.25) is 0 Å². The molecule has 458 valence electrons. The van der Waals surface area contributed by atoms with Crippen LogP contribution in [0, 0.1) is 37.5 Å². The minimum atomic E-state index is -0.533. The average molecular weight is 1280 g/mol. The van der Waals surface area contributed by atoms with E-state index in [1.165, 1.54) is 68.1 Å². The minimum Gasteiger partial charge on any atom is -0.358 e. The third-order valence-electron chi connectivity index (χ3n) is 18.6. The Morgan fingerprint density at radius 3 is 0.644 bits per heavy atom. The Labute approximate surface area is 540 Å². The van der Waals surface area contributed by atoms with E-state index in [-0.39, 0.29) is 55.3 Å². The fourth-order valence-electron chi connectivity index (χ4n) is 14.0. The first-order valence-electron chi connectivity index (χ1n) is 31.2. The van der Waals surface area contributed by atoms with Crippen molar-refractivity contribution in [2.75, 3.05) is 26.4 Å². The maximum atomic E-state index is 5.97. The van der Waals surface area contributed by atoms with Gasteiger partial charge in [-0.3, -0.25) is 0 Å². The third kappa shape index (κ3) is 17.7. The number of hydrogen-bond donors (Lipinski definition) is 0. The smallest absolute Gasteiger partial charge is 0.358 e. The van der Waals surface area contributed by atoms with Crippen LogP contribution in [0.3, 0.4) is 0 Å². The second-order valence-electron chi connectivity index (χ2n) is 24.9. The van der Waals surface area contributed by atoms with Crippen molar-refractivity contribution in [3.63, 3.8) is 0 Å². The molecule has 0 radical (unpaired) electrons. The molecule has 9 heteroatoms. The normalized spacial score (nSPS) is 20.9. The van der Waals surface area contributed by atoms with Crippen molar-refractivity contribution in [1.29, 1.82) is 0 Å². The molecule has 0 aromatic heterocycles. The summed E-state index contributed by atoms with van der Waals surface area (Å²) in [7, 11) is -2.13. The van der Waals surface area contributed by atoms with Crippen LogP contribution in [0.15, 0.2) is 243 Å². The van der Waals surface area contributed by atoms with Gasteiger partial charge in [0.15, 0.2) is 12.6 Å². The largest absolute Gasteiger partial charge is 2.00 e. The van der Waals surface area contributed by atoms with Crippen molar-refractivity contribution in [2.24, 2.45) is 22.7 Å². The summed E-state index contributed by atoms with van der Waals surface area (Å²) < 4.78 is 23.9. The van der Waals surface area contributed by atoms with Gasteiger partial charge in [-0.05, 0) is 184 Å². The van der Waals surface area contributed by atoms with Crippen LogP contribution in [0.4, 0.5) is 0 Å². The summed E-state index contributed by atoms with van der Waals surface area (Å²) in [6.07, 6.45) is 11.2. The maximum absolute atomic E-state index is 5.97. The van der Waals surface area contributed by atoms with E-state index in [4.69, 9.17) is 18.9 Å². The molecule has 4 nitrogen and oxygen atoms in total. The zero-order valence-electron chi connectivity index (χ0n) is 52.4. The second-order valence-corrected chi connectivity index (χ2v) is 34.6. The van der Waals surface area contributed by atoms with E-state index in [9.17, 15) is 0 Å². The average Bonchev–Trinajstić information content (AvgIpc) is 1.91. The van der Waals surface area contributed by atoms with Crippen LogP contribution in [0.1, 0.15) is 91.9 Å². The first-order chi connectivity index (χ1) is 41.2. The molecule has 87 heavy (non-hydrogen) atoms. The Bertz CT molecular complexity index is 2600. The summed E-state index contributed by atoms with van der Waals surface area (Å²) >= 11 is 0. The van der Waals surface area contributed by atoms with Crippen molar-refractivity contribution in [3.05, 3.63) is 258 Å². The van der Waals surface area contributed by atoms with Crippen molar-refractivity contribution in [2.45, 2.75) is 127 Å². The standard InChI is InChI=1S/2C38H44O2P2.2CH3.Fe/c2*1-38(2,25-24-37-39-26-15-27-40-37)30-28-35(41(31-16-7-3-8-17-31)32-18-9-4-10-19-32)36(29-30)42(33-20-11-5-12-21-33)34-22-13-6-14-23-34;;;/h2*3-14,16-23,30,35-37H,15,24-29H2,1-2H3;2*1H3;/q;;2*-1;+2. The van der Waals surface area contributed by atoms with Crippen LogP contribution in [0.5, 0.6) is 0 Å². The van der Waals surface area contributed by atoms with Gasteiger partial charge in [-0.1, -0.05) is 270 Å². The molecule has 4 aliphatic rings. The molecular weight excluding hydrogens is 1180 g/mol. The Balaban J connectivity index is 0.000000218. The minimum absolute atomic E-state index is 0. The monoisotopic (exact) mass is 1270 g/mol. The Hall–Kier alpha value is -4.16. The van der Waals surface area contributed by atoms with E-state index in [1.54, 1.807) is 0 Å². The summed E-state index contributed by atoms with van der Waals surface area (Å²) in [6.45, 7) is 13.4. The molecule has 2 aliphatic heterocycles. The molecule has 2 saturated carbocycles. The van der Waals surface area contributed by atoms with Gasteiger partial charge in [0.05, 0.1) is 26.4 Å². The Morgan fingerprint density at radius 2 is 0.471 bits per heavy atom. The van der Waals surface area contributed by atoms with Gasteiger partial charge in [0.25, 0.3) is 0 Å². The quantitative estimate of drug-likeness (QED) is 0.0433. The second kappa shape index (κ2) is 33.8. The summed E-state index contributed by atoms with van der Waals surface area (Å²) in [5.74, 6) is 1.29. The predicted octanol–water partition coefficient (Wildman–Crippen LogP) is 16.8. The van der Waals surface area contributed by atoms with Crippen molar-refractivity contribution in [3.8, 4) is 0 Å². The molecule has 0 N–H and O–H groups in total. The van der Waals surface area contributed by atoms with Crippen LogP contribution >= 0.6 is 31.7 Å². The molecule has 2 heterocycles. The molecule has 12 rings (SSSR count). The number of benzene rings is 8. The summed E-state index contributed by atoms with van der Waals surface area (Å²) in [5.41, 5.74) is 2.82. The van der Waals surface area contributed by atoms with Gasteiger partial charge >= 0.3 is 17.1 Å². The maximum Gasteiger partial charge on any atom is 2.00 e. The van der Waals surface area contributed by atoms with Gasteiger partial charge < -0.3 is 33.8 Å². The van der Waals surface area contributed by atoms with E-state index in [0.29, 0.717) is 34.5 Å². The molecule has 4 atom stereocenters. The molecular formula is C78H94FeO4P4. The van der Waals surface area contributed by atoms with Crippen molar-refractivity contribution >= 4 is 74.1 Å². The number of ether oxygens (including phenoxy) is 4. The fraction of sp³-hybridized carbons (Fsp3) is 0.359. The molecule has 4 unspecified atom stereocenters. The summed E-state index contributed by atoms with van der Waals surface area (Å²) in [4.78, 5) is 0. The fourth-order valence-corrected chi connectivity index (χ4v) is 27.5. The molecule has 0 amide bonds. The van der Waals surface area contributed by atoms with E-state index in [2.05, 4.69) is 270 Å². The number of rotatable bonds is 20. The van der Waals surface area contributed by atoms with Crippen LogP contribution in [-0.2, 0) is 36.0 Å². The molecule has 0 spiro atoms. The summed E-state index contributed by atoms with van der Waals surface area (Å²) in [6, 6.07) is 91.3. The van der Waals surface area contributed by atoms with E-state index in [1.807, 2.05) is 0 Å². The zero-order valence-corrected chi connectivity index (χ0v) is 57.1. The summed E-state index contributed by atoms with van der Waals surface area (Å²) in [5, 5.41) is 12.1. The Kier molecular flexibility index (Phi) is 26.7. The first-order valence-corrected chi connectivity index (χ1v) is 36.9. The van der Waals surface area contributed by atoms with Gasteiger partial charge in [-0.15, -0.1) is 0 Å². The topological polar surface area (TPSA) is 36.9 Å². The van der Waals surface area contributed by atoms with Gasteiger partial charge in [0.1, 0.15) is 0 Å². The van der Waals surface area contributed by atoms with Crippen LogP contribution < -0.4 is 42.4 Å². The van der Waals surface area contributed by atoms with E-state index < -0.39 is 31.7 Å². The molecule has 8 aromatic carbocycles. The zero-order chi connectivity index (χ0) is 57.6. The van der Waals surface area contributed by atoms with Crippen LogP contribution in [-0.4, -0.2) is 61.6 Å². The molecule has 4 fully saturated rings. The Morgan fingerprint density at radius 1 is 0.299 bits per heavy atom. The molecule has 8 aromatic rings. The van der Waals surface area contributed by atoms with Crippen LogP contribution in [0.25, 0.3) is 0 Å². The number of hydrogen-bond acceptors (Lipinski definition) is 4. The van der Waals surface area contributed by atoms with Gasteiger partial charge in [0, 0.05) is 0 Å². The molecule has 0 bridgehead atoms. The van der Waals surface area contributed by atoms with Gasteiger partial charge in [-0.2, -0.15) is 0 Å². The first kappa shape index (κ1) is 68.7. The van der Waals surface area contributed by atoms with Crippen LogP contribution in [0.2, 0.25) is 0 Å². The third-order valence-corrected chi connectivity index (χ3v) is 30.9. The van der Waals surface area contributed by atoms with Gasteiger partial charge in [-0.25, -0.2) is 0 Å². The van der Waals surface area contributed by atoms with E-state index >= 15 is 0 Å². The van der Waals surface area contributed by atoms with Crippen molar-refractivity contribution in [1.82, 2.24) is 0 Å². The molecule has 2 aliphatic carbocycles. The van der Waals surface area contributed by atoms with E-state index in [0.717, 1.165) is 65.0 Å². The molecule has 2 saturated heterocycles.